The molecule has 1 aromatic heterocycles. The van der Waals surface area contributed by atoms with Gasteiger partial charge in [0.25, 0.3) is 0 Å². The van der Waals surface area contributed by atoms with Gasteiger partial charge in [0.2, 0.25) is 5.91 Å². The molecule has 1 aliphatic rings. The first kappa shape index (κ1) is 32.5. The van der Waals surface area contributed by atoms with Gasteiger partial charge in [-0.25, -0.2) is 17.8 Å². The van der Waals surface area contributed by atoms with E-state index in [4.69, 9.17) is 15.2 Å². The van der Waals surface area contributed by atoms with E-state index in [0.717, 1.165) is 11.5 Å². The van der Waals surface area contributed by atoms with Crippen molar-refractivity contribution in [3.8, 4) is 11.5 Å². The number of nitrogen functional groups attached to an aromatic ring is 1. The van der Waals surface area contributed by atoms with Gasteiger partial charge >= 0.3 is 5.97 Å². The van der Waals surface area contributed by atoms with E-state index in [0.29, 0.717) is 16.9 Å². The first-order valence-electron chi connectivity index (χ1n) is 14.8. The van der Waals surface area contributed by atoms with E-state index in [1.54, 1.807) is 49.5 Å². The molecule has 11 nitrogen and oxygen atoms in total. The number of carboxylic acid groups (broad SMARTS) is 1. The molecule has 2 heterocycles. The second-order valence-electron chi connectivity index (χ2n) is 10.8. The Hall–Kier alpha value is -4.91. The summed E-state index contributed by atoms with van der Waals surface area (Å²) >= 11 is 0. The largest absolute Gasteiger partial charge is 0.493 e. The van der Waals surface area contributed by atoms with Gasteiger partial charge in [-0.1, -0.05) is 25.1 Å². The van der Waals surface area contributed by atoms with Gasteiger partial charge in [-0.05, 0) is 60.7 Å². The van der Waals surface area contributed by atoms with Crippen molar-refractivity contribution in [3.63, 3.8) is 0 Å². The minimum absolute atomic E-state index is 0.00479. The van der Waals surface area contributed by atoms with E-state index in [2.05, 4.69) is 10.3 Å². The number of aromatic nitrogens is 1. The number of aliphatic carboxylic acids is 1. The molecule has 0 saturated carbocycles. The zero-order chi connectivity index (χ0) is 33.2. The van der Waals surface area contributed by atoms with Crippen LogP contribution in [0.25, 0.3) is 10.8 Å². The third-order valence-electron chi connectivity index (χ3n) is 8.20. The Kier molecular flexibility index (Phi) is 9.33. The minimum Gasteiger partial charge on any atom is -0.493 e. The van der Waals surface area contributed by atoms with Crippen LogP contribution in [0, 0.1) is 11.7 Å². The summed E-state index contributed by atoms with van der Waals surface area (Å²) in [6.45, 7) is 3.48. The maximum absolute atomic E-state index is 15.9. The molecule has 242 valence electrons. The first-order valence-corrected chi connectivity index (χ1v) is 16.4. The Balaban J connectivity index is 1.66. The molecule has 0 aliphatic carbocycles. The number of nitrogens with zero attached hydrogens (tertiary/aromatic N) is 2. The smallest absolute Gasteiger partial charge is 0.309 e. The number of rotatable bonds is 11. The van der Waals surface area contributed by atoms with Crippen LogP contribution in [0.15, 0.2) is 71.8 Å². The third kappa shape index (κ3) is 6.14. The van der Waals surface area contributed by atoms with Crippen LogP contribution in [0.3, 0.4) is 0 Å². The van der Waals surface area contributed by atoms with Gasteiger partial charge in [0, 0.05) is 35.4 Å². The van der Waals surface area contributed by atoms with Crippen LogP contribution >= 0.6 is 0 Å². The van der Waals surface area contributed by atoms with Gasteiger partial charge in [0.1, 0.15) is 17.7 Å². The number of nitrogens with two attached hydrogens (primary N) is 1. The molecular formula is C33H35FN4O7S. The van der Waals surface area contributed by atoms with E-state index in [1.165, 1.54) is 37.1 Å². The Morgan fingerprint density at radius 2 is 1.89 bits per heavy atom. The number of pyridine rings is 1. The van der Waals surface area contributed by atoms with Crippen molar-refractivity contribution in [2.45, 2.75) is 37.2 Å². The van der Waals surface area contributed by atoms with Crippen molar-refractivity contribution in [2.24, 2.45) is 5.92 Å². The Morgan fingerprint density at radius 3 is 2.59 bits per heavy atom. The van der Waals surface area contributed by atoms with E-state index in [-0.39, 0.29) is 52.8 Å². The summed E-state index contributed by atoms with van der Waals surface area (Å²) < 4.78 is 53.1. The van der Waals surface area contributed by atoms with Crippen molar-refractivity contribution in [2.75, 3.05) is 37.1 Å². The number of anilines is 2. The zero-order valence-electron chi connectivity index (χ0n) is 25.6. The molecule has 4 N–H and O–H groups in total. The fraction of sp³-hybridized carbons (Fsp3) is 0.303. The molecule has 46 heavy (non-hydrogen) atoms. The summed E-state index contributed by atoms with van der Waals surface area (Å²) in [7, 11) is -2.42. The third-order valence-corrected chi connectivity index (χ3v) is 10.00. The number of likely N-dealkylation sites (tertiary alicyclic amines) is 1. The maximum atomic E-state index is 15.9. The Morgan fingerprint density at radius 1 is 1.13 bits per heavy atom. The summed E-state index contributed by atoms with van der Waals surface area (Å²) in [6, 6.07) is 13.0. The predicted octanol–water partition coefficient (Wildman–Crippen LogP) is 4.98. The number of carbonyl (C=O) groups is 2. The van der Waals surface area contributed by atoms with Crippen molar-refractivity contribution >= 4 is 44.0 Å². The monoisotopic (exact) mass is 650 g/mol. The van der Waals surface area contributed by atoms with Crippen LogP contribution in [0.1, 0.15) is 43.5 Å². The number of hydrogen-bond donors (Lipinski definition) is 3. The molecular weight excluding hydrogens is 615 g/mol. The summed E-state index contributed by atoms with van der Waals surface area (Å²) in [5, 5.41) is 14.7. The van der Waals surface area contributed by atoms with Crippen LogP contribution < -0.4 is 20.5 Å². The highest BCUT2D eigenvalue weighted by atomic mass is 32.2. The molecule has 1 saturated heterocycles. The Bertz CT molecular complexity index is 1900. The number of benzene rings is 3. The van der Waals surface area contributed by atoms with Crippen LogP contribution in [-0.4, -0.2) is 61.3 Å². The summed E-state index contributed by atoms with van der Waals surface area (Å²) in [5.41, 5.74) is 6.59. The average molecular weight is 651 g/mol. The normalized spacial score (nSPS) is 17.1. The SMILES string of the molecule is CCOc1cc([C@@H](Nc2ccc3c(N)nccc3c2)C(=O)N2CC[C@H](C(=O)O)[C@@H]2c2ccccc2S(=O)(=O)CC)c(F)cc1OC. The second kappa shape index (κ2) is 13.2. The highest BCUT2D eigenvalue weighted by Crippen LogP contribution is 2.43. The van der Waals surface area contributed by atoms with Crippen molar-refractivity contribution in [1.29, 1.82) is 0 Å². The fourth-order valence-electron chi connectivity index (χ4n) is 5.94. The van der Waals surface area contributed by atoms with Crippen LogP contribution in [0.2, 0.25) is 0 Å². The molecule has 0 spiro atoms. The molecule has 0 bridgehead atoms. The first-order chi connectivity index (χ1) is 22.0. The van der Waals surface area contributed by atoms with Gasteiger partial charge in [0.05, 0.1) is 36.3 Å². The fourth-order valence-corrected chi connectivity index (χ4v) is 7.09. The molecule has 1 fully saturated rings. The summed E-state index contributed by atoms with van der Waals surface area (Å²) in [5.74, 6) is -3.26. The van der Waals surface area contributed by atoms with Crippen LogP contribution in [0.5, 0.6) is 11.5 Å². The lowest BCUT2D eigenvalue weighted by Gasteiger charge is -2.32. The van der Waals surface area contributed by atoms with E-state index in [9.17, 15) is 23.1 Å². The molecule has 5 rings (SSSR count). The number of methoxy groups -OCH3 is 1. The van der Waals surface area contributed by atoms with Crippen molar-refractivity contribution in [3.05, 3.63) is 83.8 Å². The van der Waals surface area contributed by atoms with Gasteiger partial charge in [-0.15, -0.1) is 0 Å². The van der Waals surface area contributed by atoms with Gasteiger partial charge in [0.15, 0.2) is 21.3 Å². The van der Waals surface area contributed by atoms with E-state index < -0.39 is 45.5 Å². The molecule has 3 aromatic carbocycles. The van der Waals surface area contributed by atoms with Crippen LogP contribution in [0.4, 0.5) is 15.9 Å². The number of fused-ring (bicyclic) bond motifs is 1. The molecule has 3 atom stereocenters. The molecule has 13 heteroatoms. The number of amides is 1. The molecule has 1 amide bonds. The predicted molar refractivity (Wildman–Crippen MR) is 171 cm³/mol. The number of halogens is 1. The average Bonchev–Trinajstić information content (AvgIpc) is 3.50. The Labute approximate surface area is 266 Å². The van der Waals surface area contributed by atoms with Gasteiger partial charge in [-0.3, -0.25) is 9.59 Å². The number of carboxylic acids is 1. The number of ether oxygens (including phenoxy) is 2. The minimum atomic E-state index is -3.79. The molecule has 0 unspecified atom stereocenters. The number of carbonyl (C=O) groups excluding carboxylic acids is 1. The lowest BCUT2D eigenvalue weighted by atomic mass is 9.93. The molecule has 1 aliphatic heterocycles. The summed E-state index contributed by atoms with van der Waals surface area (Å²) in [6.07, 6.45) is 1.61. The van der Waals surface area contributed by atoms with E-state index in [1.807, 2.05) is 0 Å². The highest BCUT2D eigenvalue weighted by Gasteiger charge is 2.46. The van der Waals surface area contributed by atoms with E-state index >= 15 is 4.39 Å². The van der Waals surface area contributed by atoms with Crippen molar-refractivity contribution in [1.82, 2.24) is 9.88 Å². The lowest BCUT2D eigenvalue weighted by Crippen LogP contribution is -2.40. The zero-order valence-corrected chi connectivity index (χ0v) is 26.4. The van der Waals surface area contributed by atoms with Gasteiger partial charge in [-0.2, -0.15) is 0 Å². The highest BCUT2D eigenvalue weighted by molar-refractivity contribution is 7.91. The number of nitrogens with one attached hydrogen (secondary N) is 1. The van der Waals surface area contributed by atoms with Crippen molar-refractivity contribution < 1.29 is 37.0 Å². The van der Waals surface area contributed by atoms with Crippen LogP contribution in [-0.2, 0) is 19.4 Å². The standard InChI is InChI=1S/C33H35FN4O7S/c1-4-45-27-17-24(25(34)18-26(27)44-3)29(37-20-10-11-21-19(16-20)12-14-36-31(21)35)32(39)38-15-13-23(33(40)41)30(38)22-8-6-7-9-28(22)46(42,43)5-2/h6-12,14,16-18,23,29-30,37H,4-5,13,15H2,1-3H3,(H2,35,36)(H,40,41)/t23-,29+,30-/m0/s1. The number of hydrogen-bond acceptors (Lipinski definition) is 9. The van der Waals surface area contributed by atoms with Gasteiger partial charge < -0.3 is 30.5 Å². The lowest BCUT2D eigenvalue weighted by molar-refractivity contribution is -0.143. The summed E-state index contributed by atoms with van der Waals surface area (Å²) in [4.78, 5) is 32.6. The molecule has 4 aromatic rings. The maximum Gasteiger partial charge on any atom is 0.309 e. The number of sulfone groups is 1. The quantitative estimate of drug-likeness (QED) is 0.202. The molecule has 0 radical (unpaired) electrons. The second-order valence-corrected chi connectivity index (χ2v) is 13.1. The topological polar surface area (TPSA) is 161 Å².